The standard InChI is InChI=1S/C42H80NO7P/c1-3-5-7-9-11-13-15-17-19-20-21-22-23-25-27-29-31-33-35-42(44)50-41(40-49-51(45,46)48-38-36-43)39-47-37-34-32-30-28-26-24-18-16-14-12-10-8-6-4-2/h8,10,14,16,19-20,41H,3-7,9,11-13,15,17-18,21-40,43H2,1-2H3,(H,45,46)/b10-8-,16-14-,20-19-. The summed E-state index contributed by atoms with van der Waals surface area (Å²) in [5.41, 5.74) is 5.36. The van der Waals surface area contributed by atoms with Crippen LogP contribution in [0.4, 0.5) is 0 Å². The molecule has 0 radical (unpaired) electrons. The number of phosphoric acid groups is 1. The monoisotopic (exact) mass is 742 g/mol. The highest BCUT2D eigenvalue weighted by atomic mass is 31.2. The number of rotatable bonds is 40. The first-order valence-electron chi connectivity index (χ1n) is 21.0. The normalized spacial score (nSPS) is 13.9. The van der Waals surface area contributed by atoms with Crippen molar-refractivity contribution in [2.24, 2.45) is 5.73 Å². The summed E-state index contributed by atoms with van der Waals surface area (Å²) < 4.78 is 33.4. The summed E-state index contributed by atoms with van der Waals surface area (Å²) >= 11 is 0. The molecule has 0 bridgehead atoms. The van der Waals surface area contributed by atoms with Crippen LogP contribution < -0.4 is 5.73 Å². The molecule has 0 aliphatic carbocycles. The SMILES string of the molecule is CCC/C=C\C/C=C\CCCCCCCCOCC(COP(=O)(O)OCCN)OC(=O)CCCCCCCCC/C=C\CCCCCCCCC. The van der Waals surface area contributed by atoms with Gasteiger partial charge >= 0.3 is 13.8 Å². The maximum atomic E-state index is 12.6. The molecule has 0 amide bonds. The maximum absolute atomic E-state index is 12.6. The topological polar surface area (TPSA) is 117 Å². The van der Waals surface area contributed by atoms with Gasteiger partial charge in [-0.15, -0.1) is 0 Å². The van der Waals surface area contributed by atoms with Gasteiger partial charge in [0.25, 0.3) is 0 Å². The zero-order valence-corrected chi connectivity index (χ0v) is 34.0. The minimum atomic E-state index is -4.28. The molecule has 0 heterocycles. The smallest absolute Gasteiger partial charge is 0.457 e. The molecule has 8 nitrogen and oxygen atoms in total. The molecule has 0 aromatic rings. The van der Waals surface area contributed by atoms with Crippen LogP contribution in [0.15, 0.2) is 36.5 Å². The van der Waals surface area contributed by atoms with E-state index in [9.17, 15) is 14.3 Å². The van der Waals surface area contributed by atoms with E-state index in [1.165, 1.54) is 109 Å². The molecular formula is C42H80NO7P. The number of nitrogens with two attached hydrogens (primary N) is 1. The third kappa shape index (κ3) is 39.8. The highest BCUT2D eigenvalue weighted by Crippen LogP contribution is 2.43. The molecular weight excluding hydrogens is 661 g/mol. The van der Waals surface area contributed by atoms with E-state index in [1.807, 2.05) is 0 Å². The number of allylic oxidation sites excluding steroid dienone is 6. The summed E-state index contributed by atoms with van der Waals surface area (Å²) in [6.07, 6.45) is 44.4. The van der Waals surface area contributed by atoms with Gasteiger partial charge in [-0.2, -0.15) is 0 Å². The highest BCUT2D eigenvalue weighted by Gasteiger charge is 2.25. The van der Waals surface area contributed by atoms with Gasteiger partial charge in [-0.05, 0) is 64.2 Å². The Hall–Kier alpha value is -1.28. The molecule has 0 aliphatic rings. The largest absolute Gasteiger partial charge is 0.472 e. The van der Waals surface area contributed by atoms with Crippen LogP contribution in [-0.4, -0.2) is 49.9 Å². The van der Waals surface area contributed by atoms with E-state index in [1.54, 1.807) is 0 Å². The van der Waals surface area contributed by atoms with Crippen molar-refractivity contribution in [3.63, 3.8) is 0 Å². The van der Waals surface area contributed by atoms with E-state index in [2.05, 4.69) is 50.3 Å². The highest BCUT2D eigenvalue weighted by molar-refractivity contribution is 7.47. The number of carbonyl (C=O) groups excluding carboxylic acids is 1. The maximum Gasteiger partial charge on any atom is 0.472 e. The minimum Gasteiger partial charge on any atom is -0.457 e. The fourth-order valence-corrected chi connectivity index (χ4v) is 6.44. The van der Waals surface area contributed by atoms with Gasteiger partial charge in [-0.3, -0.25) is 13.8 Å². The van der Waals surface area contributed by atoms with Crippen molar-refractivity contribution in [3.05, 3.63) is 36.5 Å². The van der Waals surface area contributed by atoms with Crippen LogP contribution >= 0.6 is 7.82 Å². The average Bonchev–Trinajstić information content (AvgIpc) is 3.12. The van der Waals surface area contributed by atoms with Gasteiger partial charge in [0.15, 0.2) is 0 Å². The van der Waals surface area contributed by atoms with Crippen LogP contribution in [0.25, 0.3) is 0 Å². The van der Waals surface area contributed by atoms with Gasteiger partial charge in [0.05, 0.1) is 19.8 Å². The number of esters is 1. The molecule has 0 aromatic carbocycles. The summed E-state index contributed by atoms with van der Waals surface area (Å²) in [7, 11) is -4.28. The van der Waals surface area contributed by atoms with E-state index in [4.69, 9.17) is 24.3 Å². The first-order chi connectivity index (χ1) is 24.9. The van der Waals surface area contributed by atoms with Crippen molar-refractivity contribution in [2.75, 3.05) is 33.0 Å². The molecule has 3 N–H and O–H groups in total. The summed E-state index contributed by atoms with van der Waals surface area (Å²) in [6.45, 7) is 4.83. The summed E-state index contributed by atoms with van der Waals surface area (Å²) in [6, 6.07) is 0. The van der Waals surface area contributed by atoms with Gasteiger partial charge in [0, 0.05) is 19.6 Å². The zero-order chi connectivity index (χ0) is 37.4. The van der Waals surface area contributed by atoms with Crippen LogP contribution in [0.2, 0.25) is 0 Å². The second-order valence-corrected chi connectivity index (χ2v) is 15.3. The molecule has 2 unspecified atom stereocenters. The molecule has 51 heavy (non-hydrogen) atoms. The second-order valence-electron chi connectivity index (χ2n) is 13.8. The van der Waals surface area contributed by atoms with Crippen molar-refractivity contribution in [1.29, 1.82) is 0 Å². The molecule has 0 fully saturated rings. The van der Waals surface area contributed by atoms with Gasteiger partial charge in [0.1, 0.15) is 6.10 Å². The third-order valence-electron chi connectivity index (χ3n) is 8.76. The number of ether oxygens (including phenoxy) is 2. The van der Waals surface area contributed by atoms with E-state index >= 15 is 0 Å². The number of carbonyl (C=O) groups is 1. The Morgan fingerprint density at radius 3 is 1.63 bits per heavy atom. The molecule has 0 aromatic heterocycles. The fourth-order valence-electron chi connectivity index (χ4n) is 5.68. The molecule has 0 saturated carbocycles. The van der Waals surface area contributed by atoms with E-state index < -0.39 is 13.9 Å². The summed E-state index contributed by atoms with van der Waals surface area (Å²) in [4.78, 5) is 22.4. The van der Waals surface area contributed by atoms with Crippen molar-refractivity contribution in [2.45, 2.75) is 193 Å². The summed E-state index contributed by atoms with van der Waals surface area (Å²) in [5.74, 6) is -0.339. The minimum absolute atomic E-state index is 0.0975. The van der Waals surface area contributed by atoms with Crippen molar-refractivity contribution < 1.29 is 32.8 Å². The Morgan fingerprint density at radius 1 is 0.588 bits per heavy atom. The van der Waals surface area contributed by atoms with Gasteiger partial charge in [-0.25, -0.2) is 4.57 Å². The van der Waals surface area contributed by atoms with Crippen LogP contribution in [0, 0.1) is 0 Å². The zero-order valence-electron chi connectivity index (χ0n) is 33.1. The van der Waals surface area contributed by atoms with Crippen molar-refractivity contribution in [1.82, 2.24) is 0 Å². The van der Waals surface area contributed by atoms with Crippen LogP contribution in [0.1, 0.15) is 187 Å². The first-order valence-corrected chi connectivity index (χ1v) is 22.5. The number of phosphoric ester groups is 1. The Labute approximate surface area is 314 Å². The lowest BCUT2D eigenvalue weighted by Crippen LogP contribution is -2.28. The Bertz CT molecular complexity index is 879. The molecule has 0 aliphatic heterocycles. The van der Waals surface area contributed by atoms with Gasteiger partial charge < -0.3 is 20.1 Å². The summed E-state index contributed by atoms with van der Waals surface area (Å²) in [5, 5.41) is 0. The molecule has 0 spiro atoms. The molecule has 2 atom stereocenters. The molecule has 300 valence electrons. The van der Waals surface area contributed by atoms with Crippen molar-refractivity contribution in [3.8, 4) is 0 Å². The molecule has 9 heteroatoms. The first kappa shape index (κ1) is 49.7. The second kappa shape index (κ2) is 39.9. The Balaban J connectivity index is 4.05. The fraction of sp³-hybridized carbons (Fsp3) is 0.833. The van der Waals surface area contributed by atoms with Crippen LogP contribution in [-0.2, 0) is 27.9 Å². The van der Waals surface area contributed by atoms with E-state index in [0.717, 1.165) is 57.8 Å². The van der Waals surface area contributed by atoms with E-state index in [-0.39, 0.29) is 32.3 Å². The lowest BCUT2D eigenvalue weighted by Gasteiger charge is -2.20. The van der Waals surface area contributed by atoms with Crippen LogP contribution in [0.3, 0.4) is 0 Å². The predicted molar refractivity (Wildman–Crippen MR) is 215 cm³/mol. The van der Waals surface area contributed by atoms with Gasteiger partial charge in [-0.1, -0.05) is 153 Å². The lowest BCUT2D eigenvalue weighted by atomic mass is 10.1. The van der Waals surface area contributed by atoms with Crippen LogP contribution in [0.5, 0.6) is 0 Å². The molecule has 0 rings (SSSR count). The Morgan fingerprint density at radius 2 is 1.08 bits per heavy atom. The lowest BCUT2D eigenvalue weighted by molar-refractivity contribution is -0.154. The Kier molecular flexibility index (Phi) is 38.9. The number of hydrogen-bond donors (Lipinski definition) is 2. The predicted octanol–water partition coefficient (Wildman–Crippen LogP) is 12.2. The van der Waals surface area contributed by atoms with E-state index in [0.29, 0.717) is 13.0 Å². The average molecular weight is 742 g/mol. The molecule has 0 saturated heterocycles. The van der Waals surface area contributed by atoms with Gasteiger partial charge in [0.2, 0.25) is 0 Å². The quantitative estimate of drug-likeness (QED) is 0.0276. The third-order valence-corrected chi connectivity index (χ3v) is 9.74. The number of unbranched alkanes of at least 4 members (excludes halogenated alkanes) is 21. The number of hydrogen-bond acceptors (Lipinski definition) is 7. The van der Waals surface area contributed by atoms with Crippen molar-refractivity contribution >= 4 is 13.8 Å².